The molecule has 1 amide bonds. The molecule has 7 heteroatoms. The molecule has 3 heterocycles. The smallest absolute Gasteiger partial charge is 0.277 e. The lowest BCUT2D eigenvalue weighted by molar-refractivity contribution is 0.102. The molecule has 0 fully saturated rings. The molecule has 5 rings (SSSR count). The molecule has 4 aromatic rings. The summed E-state index contributed by atoms with van der Waals surface area (Å²) < 4.78 is 0. The van der Waals surface area contributed by atoms with Gasteiger partial charge in [0.15, 0.2) is 5.13 Å². The van der Waals surface area contributed by atoms with Gasteiger partial charge in [-0.1, -0.05) is 42.5 Å². The van der Waals surface area contributed by atoms with Gasteiger partial charge in [0.1, 0.15) is 5.69 Å². The molecule has 0 aliphatic carbocycles. The molecule has 1 N–H and O–H groups in total. The number of nitrogens with zero attached hydrogens (tertiary/aromatic N) is 4. The van der Waals surface area contributed by atoms with Crippen LogP contribution in [0, 0.1) is 0 Å². The molecular formula is C22H19N5OS. The average molecular weight is 401 g/mol. The maximum Gasteiger partial charge on any atom is 0.277 e. The molecule has 1 aliphatic rings. The van der Waals surface area contributed by atoms with E-state index in [0.717, 1.165) is 37.3 Å². The van der Waals surface area contributed by atoms with Gasteiger partial charge in [-0.2, -0.15) is 0 Å². The summed E-state index contributed by atoms with van der Waals surface area (Å²) in [5.41, 5.74) is 4.16. The number of amides is 1. The molecule has 29 heavy (non-hydrogen) atoms. The SMILES string of the molecule is O=C(Nc1nc2c(s1)CN(Cc1ccccc1)CC2)c1cnc2ccccc2n1. The van der Waals surface area contributed by atoms with E-state index in [1.807, 2.05) is 30.3 Å². The van der Waals surface area contributed by atoms with Crippen LogP contribution < -0.4 is 5.32 Å². The Kier molecular flexibility index (Phi) is 4.75. The van der Waals surface area contributed by atoms with E-state index in [1.54, 1.807) is 11.3 Å². The quantitative estimate of drug-likeness (QED) is 0.562. The van der Waals surface area contributed by atoms with E-state index in [1.165, 1.54) is 16.6 Å². The maximum atomic E-state index is 12.6. The molecule has 0 radical (unpaired) electrons. The van der Waals surface area contributed by atoms with Crippen molar-refractivity contribution in [1.82, 2.24) is 19.9 Å². The van der Waals surface area contributed by atoms with Crippen LogP contribution in [0.4, 0.5) is 5.13 Å². The highest BCUT2D eigenvalue weighted by Crippen LogP contribution is 2.29. The summed E-state index contributed by atoms with van der Waals surface area (Å²) in [4.78, 5) is 29.6. The highest BCUT2D eigenvalue weighted by atomic mass is 32.1. The van der Waals surface area contributed by atoms with Crippen LogP contribution in [0.1, 0.15) is 26.6 Å². The van der Waals surface area contributed by atoms with Gasteiger partial charge in [0.25, 0.3) is 5.91 Å². The minimum absolute atomic E-state index is 0.282. The molecule has 2 aromatic carbocycles. The van der Waals surface area contributed by atoms with Crippen LogP contribution >= 0.6 is 11.3 Å². The van der Waals surface area contributed by atoms with E-state index >= 15 is 0 Å². The molecular weight excluding hydrogens is 382 g/mol. The third-order valence-corrected chi connectivity index (χ3v) is 5.96. The summed E-state index contributed by atoms with van der Waals surface area (Å²) in [5.74, 6) is -0.282. The van der Waals surface area contributed by atoms with Crippen molar-refractivity contribution in [2.45, 2.75) is 19.5 Å². The van der Waals surface area contributed by atoms with E-state index in [4.69, 9.17) is 0 Å². The largest absolute Gasteiger partial charge is 0.296 e. The predicted octanol–water partition coefficient (Wildman–Crippen LogP) is 3.90. The normalized spacial score (nSPS) is 13.9. The number of thiazole rings is 1. The number of anilines is 1. The topological polar surface area (TPSA) is 71.0 Å². The molecule has 0 saturated heterocycles. The highest BCUT2D eigenvalue weighted by molar-refractivity contribution is 7.15. The van der Waals surface area contributed by atoms with Crippen molar-refractivity contribution in [1.29, 1.82) is 0 Å². The molecule has 0 spiro atoms. The third-order valence-electron chi connectivity index (χ3n) is 4.96. The lowest BCUT2D eigenvalue weighted by Gasteiger charge is -2.25. The van der Waals surface area contributed by atoms with Gasteiger partial charge in [-0.25, -0.2) is 9.97 Å². The molecule has 0 saturated carbocycles. The minimum atomic E-state index is -0.282. The fourth-order valence-corrected chi connectivity index (χ4v) is 4.55. The molecule has 0 bridgehead atoms. The number of benzene rings is 2. The van der Waals surface area contributed by atoms with Gasteiger partial charge in [0.2, 0.25) is 0 Å². The molecule has 144 valence electrons. The molecule has 0 atom stereocenters. The van der Waals surface area contributed by atoms with Crippen LogP contribution in [0.5, 0.6) is 0 Å². The van der Waals surface area contributed by atoms with Gasteiger partial charge in [-0.3, -0.25) is 20.0 Å². The second-order valence-corrected chi connectivity index (χ2v) is 8.12. The van der Waals surface area contributed by atoms with Gasteiger partial charge in [0, 0.05) is 30.9 Å². The summed E-state index contributed by atoms with van der Waals surface area (Å²) in [6.07, 6.45) is 2.40. The van der Waals surface area contributed by atoms with Crippen molar-refractivity contribution in [3.63, 3.8) is 0 Å². The Hall–Kier alpha value is -3.16. The fourth-order valence-electron chi connectivity index (χ4n) is 3.51. The number of hydrogen-bond donors (Lipinski definition) is 1. The second kappa shape index (κ2) is 7.69. The first-order chi connectivity index (χ1) is 14.2. The number of para-hydroxylation sites is 2. The van der Waals surface area contributed by atoms with Crippen molar-refractivity contribution in [2.24, 2.45) is 0 Å². The van der Waals surface area contributed by atoms with E-state index in [9.17, 15) is 4.79 Å². The van der Waals surface area contributed by atoms with Gasteiger partial charge in [-0.05, 0) is 17.7 Å². The van der Waals surface area contributed by atoms with Crippen LogP contribution in [0.2, 0.25) is 0 Å². The summed E-state index contributed by atoms with van der Waals surface area (Å²) >= 11 is 1.54. The van der Waals surface area contributed by atoms with Gasteiger partial charge < -0.3 is 0 Å². The number of hydrogen-bond acceptors (Lipinski definition) is 6. The van der Waals surface area contributed by atoms with Crippen molar-refractivity contribution < 1.29 is 4.79 Å². The standard InChI is InChI=1S/C22H19N5OS/c28-21(19-12-23-16-8-4-5-9-17(16)24-19)26-22-25-18-10-11-27(14-20(18)29-22)13-15-6-2-1-3-7-15/h1-9,12H,10-11,13-14H2,(H,25,26,28). The summed E-state index contributed by atoms with van der Waals surface area (Å²) in [7, 11) is 0. The first-order valence-electron chi connectivity index (χ1n) is 9.52. The zero-order valence-electron chi connectivity index (χ0n) is 15.7. The van der Waals surface area contributed by atoms with Crippen LogP contribution in [-0.4, -0.2) is 32.3 Å². The first kappa shape index (κ1) is 17.9. The van der Waals surface area contributed by atoms with Crippen molar-refractivity contribution in [2.75, 3.05) is 11.9 Å². The number of nitrogens with one attached hydrogen (secondary N) is 1. The van der Waals surface area contributed by atoms with E-state index in [0.29, 0.717) is 16.3 Å². The number of aromatic nitrogens is 3. The second-order valence-electron chi connectivity index (χ2n) is 7.03. The monoisotopic (exact) mass is 401 g/mol. The Bertz CT molecular complexity index is 1170. The molecule has 6 nitrogen and oxygen atoms in total. The van der Waals surface area contributed by atoms with Crippen molar-refractivity contribution in [3.05, 3.63) is 82.6 Å². The number of fused-ring (bicyclic) bond motifs is 2. The third kappa shape index (κ3) is 3.87. The number of carbonyl (C=O) groups is 1. The lowest BCUT2D eigenvalue weighted by atomic mass is 10.1. The molecule has 1 aliphatic heterocycles. The summed E-state index contributed by atoms with van der Waals surface area (Å²) in [6, 6.07) is 18.0. The van der Waals surface area contributed by atoms with Crippen molar-refractivity contribution >= 4 is 33.4 Å². The zero-order chi connectivity index (χ0) is 19.6. The van der Waals surface area contributed by atoms with Gasteiger partial charge in [-0.15, -0.1) is 11.3 Å². The van der Waals surface area contributed by atoms with Crippen molar-refractivity contribution in [3.8, 4) is 0 Å². The van der Waals surface area contributed by atoms with Crippen LogP contribution in [-0.2, 0) is 19.5 Å². The van der Waals surface area contributed by atoms with E-state index in [-0.39, 0.29) is 5.91 Å². The van der Waals surface area contributed by atoms with Gasteiger partial charge in [0.05, 0.1) is 22.9 Å². The van der Waals surface area contributed by atoms with Crippen LogP contribution in [0.3, 0.4) is 0 Å². The zero-order valence-corrected chi connectivity index (χ0v) is 16.5. The average Bonchev–Trinajstić information content (AvgIpc) is 3.15. The Balaban J connectivity index is 1.29. The van der Waals surface area contributed by atoms with Gasteiger partial charge >= 0.3 is 0 Å². The Morgan fingerprint density at radius 1 is 1.03 bits per heavy atom. The predicted molar refractivity (Wildman–Crippen MR) is 114 cm³/mol. The maximum absolute atomic E-state index is 12.6. The number of rotatable bonds is 4. The Morgan fingerprint density at radius 3 is 2.69 bits per heavy atom. The first-order valence-corrected chi connectivity index (χ1v) is 10.3. The fraction of sp³-hybridized carbons (Fsp3) is 0.182. The molecule has 0 unspecified atom stereocenters. The highest BCUT2D eigenvalue weighted by Gasteiger charge is 2.22. The van der Waals surface area contributed by atoms with E-state index in [2.05, 4.69) is 49.4 Å². The summed E-state index contributed by atoms with van der Waals surface area (Å²) in [6.45, 7) is 2.75. The van der Waals surface area contributed by atoms with E-state index < -0.39 is 0 Å². The Morgan fingerprint density at radius 2 is 1.83 bits per heavy atom. The summed E-state index contributed by atoms with van der Waals surface area (Å²) in [5, 5.41) is 3.51. The number of carbonyl (C=O) groups excluding carboxylic acids is 1. The Labute approximate surface area is 172 Å². The molecule has 2 aromatic heterocycles. The lowest BCUT2D eigenvalue weighted by Crippen LogP contribution is -2.29. The minimum Gasteiger partial charge on any atom is -0.296 e. The van der Waals surface area contributed by atoms with Crippen LogP contribution in [0.15, 0.2) is 60.8 Å². The van der Waals surface area contributed by atoms with Crippen LogP contribution in [0.25, 0.3) is 11.0 Å².